The van der Waals surface area contributed by atoms with E-state index in [2.05, 4.69) is 0 Å². The van der Waals surface area contributed by atoms with E-state index in [9.17, 15) is 4.39 Å². The Kier molecular flexibility index (Phi) is 3.10. The van der Waals surface area contributed by atoms with Crippen LogP contribution in [0.1, 0.15) is 26.3 Å². The van der Waals surface area contributed by atoms with Gasteiger partial charge in [-0.05, 0) is 38.5 Å². The Bertz CT molecular complexity index is 329. The highest BCUT2D eigenvalue weighted by atomic mass is 35.5. The van der Waals surface area contributed by atoms with Crippen molar-refractivity contribution in [2.75, 3.05) is 0 Å². The number of allylic oxidation sites excluding steroid dienone is 2. The molecular weight excluding hydrogens is 187 g/mol. The third-order valence-corrected chi connectivity index (χ3v) is 2.40. The Labute approximate surface area is 83.0 Å². The maximum Gasteiger partial charge on any atom is 0.132 e. The minimum Gasteiger partial charge on any atom is -0.206 e. The Morgan fingerprint density at radius 3 is 2.31 bits per heavy atom. The first-order valence-corrected chi connectivity index (χ1v) is 4.50. The number of halogens is 2. The summed E-state index contributed by atoms with van der Waals surface area (Å²) < 4.78 is 13.3. The van der Waals surface area contributed by atoms with Crippen LogP contribution in [0.4, 0.5) is 4.39 Å². The highest BCUT2D eigenvalue weighted by Gasteiger charge is 2.08. The van der Waals surface area contributed by atoms with E-state index in [1.165, 1.54) is 6.07 Å². The van der Waals surface area contributed by atoms with Crippen LogP contribution in [0, 0.1) is 5.82 Å². The molecule has 0 saturated heterocycles. The Morgan fingerprint density at radius 1 is 1.23 bits per heavy atom. The lowest BCUT2D eigenvalue weighted by molar-refractivity contribution is 0.624. The maximum absolute atomic E-state index is 13.3. The molecule has 0 radical (unpaired) electrons. The summed E-state index contributed by atoms with van der Waals surface area (Å²) in [6.45, 7) is 5.76. The fourth-order valence-electron chi connectivity index (χ4n) is 1.11. The quantitative estimate of drug-likeness (QED) is 0.632. The first-order chi connectivity index (χ1) is 6.04. The van der Waals surface area contributed by atoms with Gasteiger partial charge in [0, 0.05) is 5.56 Å². The fourth-order valence-corrected chi connectivity index (χ4v) is 1.41. The summed E-state index contributed by atoms with van der Waals surface area (Å²) in [6.07, 6.45) is 0. The molecule has 0 aromatic heterocycles. The van der Waals surface area contributed by atoms with Gasteiger partial charge < -0.3 is 0 Å². The van der Waals surface area contributed by atoms with Crippen LogP contribution in [0.5, 0.6) is 0 Å². The van der Waals surface area contributed by atoms with Crippen molar-refractivity contribution in [3.05, 3.63) is 40.2 Å². The largest absolute Gasteiger partial charge is 0.206 e. The topological polar surface area (TPSA) is 0 Å². The van der Waals surface area contributed by atoms with Crippen LogP contribution in [-0.2, 0) is 0 Å². The summed E-state index contributed by atoms with van der Waals surface area (Å²) in [5.74, 6) is -0.258. The lowest BCUT2D eigenvalue weighted by atomic mass is 10.0. The summed E-state index contributed by atoms with van der Waals surface area (Å²) in [5.41, 5.74) is 2.50. The zero-order chi connectivity index (χ0) is 10.0. The molecule has 0 spiro atoms. The Hall–Kier alpha value is -0.820. The van der Waals surface area contributed by atoms with Crippen molar-refractivity contribution in [3.63, 3.8) is 0 Å². The summed E-state index contributed by atoms with van der Waals surface area (Å²) in [4.78, 5) is 0. The molecule has 0 N–H and O–H groups in total. The molecular formula is C11H12ClF. The van der Waals surface area contributed by atoms with Crippen molar-refractivity contribution in [3.8, 4) is 0 Å². The zero-order valence-electron chi connectivity index (χ0n) is 7.99. The molecule has 0 aliphatic rings. The number of hydrogen-bond acceptors (Lipinski definition) is 0. The average Bonchev–Trinajstić information content (AvgIpc) is 2.03. The minimum absolute atomic E-state index is 0.258. The van der Waals surface area contributed by atoms with Gasteiger partial charge >= 0.3 is 0 Å². The van der Waals surface area contributed by atoms with Gasteiger partial charge in [-0.2, -0.15) is 0 Å². The molecule has 0 saturated carbocycles. The molecule has 0 amide bonds. The molecule has 0 bridgehead atoms. The zero-order valence-corrected chi connectivity index (χ0v) is 8.74. The van der Waals surface area contributed by atoms with Crippen LogP contribution in [0.2, 0.25) is 5.02 Å². The van der Waals surface area contributed by atoms with E-state index in [0.717, 1.165) is 11.1 Å². The summed E-state index contributed by atoms with van der Waals surface area (Å²) in [7, 11) is 0. The van der Waals surface area contributed by atoms with E-state index in [0.29, 0.717) is 10.6 Å². The van der Waals surface area contributed by atoms with Crippen LogP contribution in [0.3, 0.4) is 0 Å². The molecule has 13 heavy (non-hydrogen) atoms. The van der Waals surface area contributed by atoms with E-state index in [1.807, 2.05) is 20.8 Å². The molecule has 0 fully saturated rings. The Morgan fingerprint density at radius 2 is 1.85 bits per heavy atom. The van der Waals surface area contributed by atoms with E-state index >= 15 is 0 Å². The first-order valence-electron chi connectivity index (χ1n) is 4.12. The summed E-state index contributed by atoms with van der Waals surface area (Å²) >= 11 is 5.89. The van der Waals surface area contributed by atoms with E-state index < -0.39 is 0 Å². The number of hydrogen-bond donors (Lipinski definition) is 0. The van der Waals surface area contributed by atoms with Gasteiger partial charge in [-0.3, -0.25) is 0 Å². The van der Waals surface area contributed by atoms with Crippen molar-refractivity contribution >= 4 is 17.2 Å². The average molecular weight is 199 g/mol. The van der Waals surface area contributed by atoms with Crippen LogP contribution in [0.15, 0.2) is 23.8 Å². The minimum atomic E-state index is -0.258. The normalized spacial score (nSPS) is 9.92. The van der Waals surface area contributed by atoms with Crippen molar-refractivity contribution in [2.24, 2.45) is 0 Å². The standard InChI is InChI=1S/C11H12ClF/c1-7(2)8(3)11-9(12)5-4-6-10(11)13/h4-6H,1-3H3. The summed E-state index contributed by atoms with van der Waals surface area (Å²) in [5, 5.41) is 0.471. The van der Waals surface area contributed by atoms with Gasteiger partial charge in [-0.25, -0.2) is 4.39 Å². The molecule has 0 nitrogen and oxygen atoms in total. The number of rotatable bonds is 1. The van der Waals surface area contributed by atoms with E-state index in [4.69, 9.17) is 11.6 Å². The third kappa shape index (κ3) is 2.10. The van der Waals surface area contributed by atoms with Gasteiger partial charge in [0.2, 0.25) is 0 Å². The molecule has 1 aromatic carbocycles. The molecule has 1 rings (SSSR count). The van der Waals surface area contributed by atoms with Crippen molar-refractivity contribution in [2.45, 2.75) is 20.8 Å². The predicted octanol–water partition coefficient (Wildman–Crippen LogP) is 4.29. The molecule has 0 heterocycles. The van der Waals surface area contributed by atoms with Gasteiger partial charge in [0.05, 0.1) is 5.02 Å². The molecule has 1 aromatic rings. The molecule has 0 unspecified atom stereocenters. The van der Waals surface area contributed by atoms with Crippen molar-refractivity contribution in [1.29, 1.82) is 0 Å². The lowest BCUT2D eigenvalue weighted by Gasteiger charge is -2.07. The smallest absolute Gasteiger partial charge is 0.132 e. The van der Waals surface area contributed by atoms with Crippen LogP contribution in [-0.4, -0.2) is 0 Å². The van der Waals surface area contributed by atoms with Gasteiger partial charge in [-0.1, -0.05) is 23.2 Å². The summed E-state index contributed by atoms with van der Waals surface area (Å²) in [6, 6.07) is 4.74. The van der Waals surface area contributed by atoms with E-state index in [1.54, 1.807) is 12.1 Å². The SMILES string of the molecule is CC(C)=C(C)c1c(F)cccc1Cl. The molecule has 2 heteroatoms. The van der Waals surface area contributed by atoms with Crippen LogP contribution in [0.25, 0.3) is 5.57 Å². The monoisotopic (exact) mass is 198 g/mol. The van der Waals surface area contributed by atoms with Gasteiger partial charge in [0.25, 0.3) is 0 Å². The second-order valence-electron chi connectivity index (χ2n) is 3.22. The third-order valence-electron chi connectivity index (χ3n) is 2.09. The number of benzene rings is 1. The van der Waals surface area contributed by atoms with Crippen LogP contribution < -0.4 is 0 Å². The molecule has 0 aliphatic carbocycles. The first kappa shape index (κ1) is 10.3. The Balaban J connectivity index is 3.37. The van der Waals surface area contributed by atoms with Crippen LogP contribution >= 0.6 is 11.6 Å². The van der Waals surface area contributed by atoms with Crippen molar-refractivity contribution < 1.29 is 4.39 Å². The lowest BCUT2D eigenvalue weighted by Crippen LogP contribution is -1.89. The van der Waals surface area contributed by atoms with Gasteiger partial charge in [0.1, 0.15) is 5.82 Å². The maximum atomic E-state index is 13.3. The second kappa shape index (κ2) is 3.93. The van der Waals surface area contributed by atoms with Gasteiger partial charge in [0.15, 0.2) is 0 Å². The molecule has 0 atom stereocenters. The van der Waals surface area contributed by atoms with Gasteiger partial charge in [-0.15, -0.1) is 0 Å². The second-order valence-corrected chi connectivity index (χ2v) is 3.63. The highest BCUT2D eigenvalue weighted by Crippen LogP contribution is 2.28. The molecule has 70 valence electrons. The highest BCUT2D eigenvalue weighted by molar-refractivity contribution is 6.32. The predicted molar refractivity (Wildman–Crippen MR) is 55.4 cm³/mol. The van der Waals surface area contributed by atoms with Crippen molar-refractivity contribution in [1.82, 2.24) is 0 Å². The molecule has 0 aliphatic heterocycles. The fraction of sp³-hybridized carbons (Fsp3) is 0.273. The van der Waals surface area contributed by atoms with E-state index in [-0.39, 0.29) is 5.82 Å².